The second-order valence-electron chi connectivity index (χ2n) is 8.01. The second kappa shape index (κ2) is 10.7. The molecule has 0 unspecified atom stereocenters. The Morgan fingerprint density at radius 2 is 1.69 bits per heavy atom. The van der Waals surface area contributed by atoms with Crippen LogP contribution in [0, 0.1) is 13.8 Å². The van der Waals surface area contributed by atoms with E-state index in [1.807, 2.05) is 38.1 Å². The molecule has 2 aromatic heterocycles. The molecule has 186 valence electrons. The predicted octanol–water partition coefficient (Wildman–Crippen LogP) is 2.75. The Morgan fingerprint density at radius 3 is 2.39 bits per heavy atom. The van der Waals surface area contributed by atoms with Crippen molar-refractivity contribution in [2.24, 2.45) is 0 Å². The fourth-order valence-electron chi connectivity index (χ4n) is 3.87. The molecule has 0 amide bonds. The number of rotatable bonds is 9. The Kier molecular flexibility index (Phi) is 7.42. The average Bonchev–Trinajstić information content (AvgIpc) is 2.89. The summed E-state index contributed by atoms with van der Waals surface area (Å²) < 4.78 is 22.5. The van der Waals surface area contributed by atoms with E-state index in [2.05, 4.69) is 20.3 Å². The van der Waals surface area contributed by atoms with E-state index in [9.17, 15) is 10.0 Å². The molecule has 0 aliphatic carbocycles. The Bertz CT molecular complexity index is 1400. The quantitative estimate of drug-likeness (QED) is 0.301. The zero-order chi connectivity index (χ0) is 25.8. The maximum absolute atomic E-state index is 9.82. The molecule has 0 fully saturated rings. The van der Waals surface area contributed by atoms with Crippen molar-refractivity contribution in [1.29, 1.82) is 0 Å². The lowest BCUT2D eigenvalue weighted by atomic mass is 9.85. The van der Waals surface area contributed by atoms with Gasteiger partial charge in [0.2, 0.25) is 5.88 Å². The van der Waals surface area contributed by atoms with Crippen LogP contribution in [0.25, 0.3) is 10.9 Å². The molecule has 4 rings (SSSR count). The summed E-state index contributed by atoms with van der Waals surface area (Å²) >= 11 is 0. The molecule has 11 heteroatoms. The molecule has 0 radical (unpaired) electrons. The van der Waals surface area contributed by atoms with E-state index in [-0.39, 0.29) is 11.5 Å². The van der Waals surface area contributed by atoms with Crippen molar-refractivity contribution >= 4 is 29.4 Å². The van der Waals surface area contributed by atoms with Gasteiger partial charge in [-0.3, -0.25) is 0 Å². The van der Waals surface area contributed by atoms with Crippen molar-refractivity contribution in [3.05, 3.63) is 59.4 Å². The molecule has 0 atom stereocenters. The molecule has 10 nitrogen and oxygen atoms in total. The summed E-state index contributed by atoms with van der Waals surface area (Å²) in [5.41, 5.74) is 2.93. The van der Waals surface area contributed by atoms with Gasteiger partial charge in [-0.2, -0.15) is 0 Å². The molecular formula is C25H27BN4O6. The van der Waals surface area contributed by atoms with Crippen molar-refractivity contribution < 1.29 is 29.0 Å². The maximum Gasteiger partial charge on any atom is 0.508 e. The smallest absolute Gasteiger partial charge is 0.497 e. The summed E-state index contributed by atoms with van der Waals surface area (Å²) in [5.74, 6) is 3.11. The largest absolute Gasteiger partial charge is 0.508 e. The molecule has 0 aliphatic heterocycles. The van der Waals surface area contributed by atoms with Crippen LogP contribution in [0.1, 0.15) is 16.7 Å². The van der Waals surface area contributed by atoms with Crippen LogP contribution in [0.3, 0.4) is 0 Å². The number of nitrogens with zero attached hydrogens (tertiary/aromatic N) is 3. The number of anilines is 1. The lowest BCUT2D eigenvalue weighted by Crippen LogP contribution is -2.33. The van der Waals surface area contributed by atoms with Crippen molar-refractivity contribution in [3.63, 3.8) is 0 Å². The minimum atomic E-state index is -1.81. The van der Waals surface area contributed by atoms with E-state index >= 15 is 0 Å². The SMILES string of the molecule is COc1ccc(CNc2ncnc3cc(B(O)O)nc(Oc4c(C)ccc(OC)c4C)c23)c(OC)c1. The van der Waals surface area contributed by atoms with Crippen molar-refractivity contribution in [1.82, 2.24) is 15.0 Å². The summed E-state index contributed by atoms with van der Waals surface area (Å²) in [6.07, 6.45) is 1.38. The van der Waals surface area contributed by atoms with Crippen LogP contribution in [0.4, 0.5) is 5.82 Å². The van der Waals surface area contributed by atoms with Crippen LogP contribution >= 0.6 is 0 Å². The fraction of sp³-hybridized carbons (Fsp3) is 0.240. The Morgan fingerprint density at radius 1 is 0.917 bits per heavy atom. The van der Waals surface area contributed by atoms with Crippen LogP contribution in [0.5, 0.6) is 28.9 Å². The number of hydrogen-bond donors (Lipinski definition) is 3. The van der Waals surface area contributed by atoms with Gasteiger partial charge in [-0.25, -0.2) is 15.0 Å². The molecule has 3 N–H and O–H groups in total. The third kappa shape index (κ3) is 4.97. The van der Waals surface area contributed by atoms with Crippen molar-refractivity contribution in [3.8, 4) is 28.9 Å². The van der Waals surface area contributed by atoms with Gasteiger partial charge in [-0.15, -0.1) is 0 Å². The molecule has 36 heavy (non-hydrogen) atoms. The fourth-order valence-corrected chi connectivity index (χ4v) is 3.87. The highest BCUT2D eigenvalue weighted by Crippen LogP contribution is 2.37. The predicted molar refractivity (Wildman–Crippen MR) is 137 cm³/mol. The Hall–Kier alpha value is -4.09. The van der Waals surface area contributed by atoms with Gasteiger partial charge in [0, 0.05) is 23.7 Å². The maximum atomic E-state index is 9.82. The second-order valence-corrected chi connectivity index (χ2v) is 8.01. The third-order valence-electron chi connectivity index (χ3n) is 5.78. The number of fused-ring (bicyclic) bond motifs is 1. The minimum Gasteiger partial charge on any atom is -0.497 e. The molecule has 2 aromatic carbocycles. The number of nitrogens with one attached hydrogen (secondary N) is 1. The van der Waals surface area contributed by atoms with Crippen molar-refractivity contribution in [2.45, 2.75) is 20.4 Å². The van der Waals surface area contributed by atoms with Crippen LogP contribution in [0.15, 0.2) is 42.7 Å². The summed E-state index contributed by atoms with van der Waals surface area (Å²) in [4.78, 5) is 13.1. The number of aromatic nitrogens is 3. The zero-order valence-corrected chi connectivity index (χ0v) is 20.7. The standard InChI is InChI=1S/C25H27BN4O6/c1-14-6-9-19(34-4)15(2)23(14)36-25-22-18(11-21(30-25)26(31)32)28-13-29-24(22)27-12-16-7-8-17(33-3)10-20(16)35-5/h6-11,13,31-32H,12H2,1-5H3,(H,27,28,29). The van der Waals surface area contributed by atoms with Gasteiger partial charge >= 0.3 is 7.12 Å². The molecule has 0 aliphatic rings. The van der Waals surface area contributed by atoms with Crippen LogP contribution < -0.4 is 29.9 Å². The summed E-state index contributed by atoms with van der Waals surface area (Å²) in [5, 5.41) is 23.4. The van der Waals surface area contributed by atoms with E-state index in [4.69, 9.17) is 18.9 Å². The molecule has 2 heterocycles. The van der Waals surface area contributed by atoms with E-state index < -0.39 is 7.12 Å². The summed E-state index contributed by atoms with van der Waals surface area (Å²) in [6, 6.07) is 10.8. The van der Waals surface area contributed by atoms with Crippen LogP contribution in [-0.4, -0.2) is 53.4 Å². The molecule has 0 bridgehead atoms. The summed E-state index contributed by atoms with van der Waals surface area (Å²) in [7, 11) is 2.96. The Labute approximate surface area is 209 Å². The molecular weight excluding hydrogens is 463 g/mol. The first kappa shape index (κ1) is 25.0. The van der Waals surface area contributed by atoms with Gasteiger partial charge in [0.15, 0.2) is 0 Å². The van der Waals surface area contributed by atoms with Gasteiger partial charge in [-0.05, 0) is 43.7 Å². The third-order valence-corrected chi connectivity index (χ3v) is 5.78. The van der Waals surface area contributed by atoms with E-state index in [0.717, 1.165) is 16.7 Å². The molecule has 0 saturated heterocycles. The highest BCUT2D eigenvalue weighted by molar-refractivity contribution is 6.57. The Balaban J connectivity index is 1.79. The van der Waals surface area contributed by atoms with Crippen LogP contribution in [0.2, 0.25) is 0 Å². The average molecular weight is 490 g/mol. The first-order valence-corrected chi connectivity index (χ1v) is 11.1. The molecule has 0 spiro atoms. The number of benzene rings is 2. The summed E-state index contributed by atoms with van der Waals surface area (Å²) in [6.45, 7) is 4.15. The van der Waals surface area contributed by atoms with Gasteiger partial charge in [0.1, 0.15) is 40.5 Å². The van der Waals surface area contributed by atoms with Crippen molar-refractivity contribution in [2.75, 3.05) is 26.6 Å². The normalized spacial score (nSPS) is 10.8. The van der Waals surface area contributed by atoms with E-state index in [0.29, 0.717) is 46.3 Å². The lowest BCUT2D eigenvalue weighted by molar-refractivity contribution is 0.391. The lowest BCUT2D eigenvalue weighted by Gasteiger charge is -2.17. The first-order chi connectivity index (χ1) is 17.4. The first-order valence-electron chi connectivity index (χ1n) is 11.1. The van der Waals surface area contributed by atoms with Gasteiger partial charge in [0.05, 0.1) is 32.4 Å². The molecule has 0 saturated carbocycles. The number of hydrogen-bond acceptors (Lipinski definition) is 10. The number of methoxy groups -OCH3 is 3. The van der Waals surface area contributed by atoms with E-state index in [1.54, 1.807) is 27.4 Å². The monoisotopic (exact) mass is 490 g/mol. The number of ether oxygens (including phenoxy) is 4. The zero-order valence-electron chi connectivity index (χ0n) is 20.7. The highest BCUT2D eigenvalue weighted by Gasteiger charge is 2.22. The minimum absolute atomic E-state index is 0.00261. The number of aryl methyl sites for hydroxylation is 1. The highest BCUT2D eigenvalue weighted by atomic mass is 16.5. The molecule has 4 aromatic rings. The van der Waals surface area contributed by atoms with Gasteiger partial charge in [0.25, 0.3) is 0 Å². The van der Waals surface area contributed by atoms with Crippen LogP contribution in [-0.2, 0) is 6.54 Å². The van der Waals surface area contributed by atoms with Gasteiger partial charge < -0.3 is 34.3 Å². The van der Waals surface area contributed by atoms with E-state index in [1.165, 1.54) is 12.4 Å². The number of pyridine rings is 1. The van der Waals surface area contributed by atoms with Gasteiger partial charge in [-0.1, -0.05) is 6.07 Å². The topological polar surface area (TPSA) is 128 Å².